The van der Waals surface area contributed by atoms with Gasteiger partial charge in [-0.25, -0.2) is 0 Å². The Morgan fingerprint density at radius 1 is 1.21 bits per heavy atom. The van der Waals surface area contributed by atoms with Crippen molar-refractivity contribution >= 4 is 22.2 Å². The van der Waals surface area contributed by atoms with Crippen molar-refractivity contribution in [3.63, 3.8) is 0 Å². The van der Waals surface area contributed by atoms with Gasteiger partial charge in [-0.05, 0) is 54.4 Å². The number of thiophene rings is 1. The van der Waals surface area contributed by atoms with E-state index in [0.717, 1.165) is 46.9 Å². The van der Waals surface area contributed by atoms with E-state index in [9.17, 15) is 4.79 Å². The molecule has 6 heteroatoms. The Morgan fingerprint density at radius 2 is 2.00 bits per heavy atom. The molecule has 0 unspecified atom stereocenters. The molecule has 29 heavy (non-hydrogen) atoms. The number of benzene rings is 1. The Balaban J connectivity index is 1.66. The predicted octanol–water partition coefficient (Wildman–Crippen LogP) is 5.16. The standard InChI is InChI=1S/C23H30N2O3S/c1-6-23(2,3)13-7-9-15-18(11-13)29-22-19(15)21(26)24-20(25-22)16-12-14(27-4)8-10-17(16)28-5/h8,10,12-13,20,25H,6-7,9,11H2,1-5H3,(H,24,26)/t13-,20+/m1/s1. The second-order valence-electron chi connectivity index (χ2n) is 8.65. The summed E-state index contributed by atoms with van der Waals surface area (Å²) in [5.41, 5.74) is 3.28. The van der Waals surface area contributed by atoms with Crippen molar-refractivity contribution in [1.82, 2.24) is 5.32 Å². The number of amides is 1. The lowest BCUT2D eigenvalue weighted by molar-refractivity contribution is 0.0934. The second-order valence-corrected chi connectivity index (χ2v) is 9.75. The molecular formula is C23H30N2O3S. The predicted molar refractivity (Wildman–Crippen MR) is 117 cm³/mol. The Bertz CT molecular complexity index is 934. The molecule has 4 rings (SSSR count). The van der Waals surface area contributed by atoms with Crippen LogP contribution in [0.2, 0.25) is 0 Å². The molecule has 0 fully saturated rings. The maximum Gasteiger partial charge on any atom is 0.256 e. The summed E-state index contributed by atoms with van der Waals surface area (Å²) in [6.45, 7) is 7.01. The van der Waals surface area contributed by atoms with E-state index in [0.29, 0.717) is 11.3 Å². The Hall–Kier alpha value is -2.21. The summed E-state index contributed by atoms with van der Waals surface area (Å²) in [4.78, 5) is 14.4. The molecule has 1 aromatic heterocycles. The van der Waals surface area contributed by atoms with Crippen LogP contribution in [0.5, 0.6) is 11.5 Å². The first-order valence-corrected chi connectivity index (χ1v) is 11.1. The summed E-state index contributed by atoms with van der Waals surface area (Å²) in [5, 5.41) is 7.65. The third-order valence-corrected chi connectivity index (χ3v) is 7.99. The van der Waals surface area contributed by atoms with Crippen molar-refractivity contribution in [1.29, 1.82) is 0 Å². The largest absolute Gasteiger partial charge is 0.497 e. The van der Waals surface area contributed by atoms with Crippen LogP contribution in [-0.4, -0.2) is 20.1 Å². The van der Waals surface area contributed by atoms with E-state index >= 15 is 0 Å². The molecule has 0 saturated carbocycles. The van der Waals surface area contributed by atoms with Crippen molar-refractivity contribution < 1.29 is 14.3 Å². The number of methoxy groups -OCH3 is 2. The smallest absolute Gasteiger partial charge is 0.256 e. The maximum atomic E-state index is 13.1. The van der Waals surface area contributed by atoms with Crippen molar-refractivity contribution in [2.75, 3.05) is 19.5 Å². The normalized spacial score (nSPS) is 20.9. The minimum absolute atomic E-state index is 0.000625. The highest BCUT2D eigenvalue weighted by molar-refractivity contribution is 7.16. The number of ether oxygens (including phenoxy) is 2. The van der Waals surface area contributed by atoms with Crippen LogP contribution in [0, 0.1) is 11.3 Å². The zero-order valence-corrected chi connectivity index (χ0v) is 18.7. The number of fused-ring (bicyclic) bond motifs is 3. The number of carbonyl (C=O) groups excluding carboxylic acids is 1. The number of rotatable bonds is 5. The molecule has 2 atom stereocenters. The zero-order chi connectivity index (χ0) is 20.8. The summed E-state index contributed by atoms with van der Waals surface area (Å²) in [7, 11) is 3.28. The lowest BCUT2D eigenvalue weighted by atomic mass is 9.69. The van der Waals surface area contributed by atoms with Crippen molar-refractivity contribution in [2.24, 2.45) is 11.3 Å². The van der Waals surface area contributed by atoms with Crippen LogP contribution in [0.25, 0.3) is 0 Å². The molecule has 0 spiro atoms. The highest BCUT2D eigenvalue weighted by atomic mass is 32.1. The highest BCUT2D eigenvalue weighted by Crippen LogP contribution is 2.47. The van der Waals surface area contributed by atoms with Crippen LogP contribution in [-0.2, 0) is 12.8 Å². The van der Waals surface area contributed by atoms with Crippen LogP contribution in [0.15, 0.2) is 18.2 Å². The van der Waals surface area contributed by atoms with Gasteiger partial charge in [-0.2, -0.15) is 0 Å². The van der Waals surface area contributed by atoms with Crippen LogP contribution in [0.1, 0.15) is 66.1 Å². The molecule has 1 aliphatic heterocycles. The van der Waals surface area contributed by atoms with Gasteiger partial charge in [-0.15, -0.1) is 11.3 Å². The minimum atomic E-state index is -0.344. The molecule has 1 aliphatic carbocycles. The third-order valence-electron chi connectivity index (χ3n) is 6.81. The van der Waals surface area contributed by atoms with E-state index in [-0.39, 0.29) is 12.1 Å². The van der Waals surface area contributed by atoms with Gasteiger partial charge in [0.15, 0.2) is 0 Å². The average Bonchev–Trinajstić information content (AvgIpc) is 3.11. The number of anilines is 1. The van der Waals surface area contributed by atoms with E-state index in [1.807, 2.05) is 18.2 Å². The number of hydrogen-bond acceptors (Lipinski definition) is 5. The zero-order valence-electron chi connectivity index (χ0n) is 17.8. The van der Waals surface area contributed by atoms with Gasteiger partial charge in [-0.3, -0.25) is 4.79 Å². The number of hydrogen-bond donors (Lipinski definition) is 2. The Kier molecular flexibility index (Phi) is 5.23. The lowest BCUT2D eigenvalue weighted by Crippen LogP contribution is -2.38. The van der Waals surface area contributed by atoms with E-state index in [4.69, 9.17) is 9.47 Å². The van der Waals surface area contributed by atoms with Crippen molar-refractivity contribution in [2.45, 2.75) is 52.6 Å². The Morgan fingerprint density at radius 3 is 2.69 bits per heavy atom. The van der Waals surface area contributed by atoms with E-state index < -0.39 is 0 Å². The molecule has 2 heterocycles. The first kappa shape index (κ1) is 20.1. The van der Waals surface area contributed by atoms with Crippen molar-refractivity contribution in [3.8, 4) is 11.5 Å². The molecule has 1 aromatic carbocycles. The van der Waals surface area contributed by atoms with Gasteiger partial charge in [0.1, 0.15) is 22.7 Å². The summed E-state index contributed by atoms with van der Waals surface area (Å²) in [6, 6.07) is 5.64. The van der Waals surface area contributed by atoms with Gasteiger partial charge in [0.25, 0.3) is 5.91 Å². The number of carbonyl (C=O) groups is 1. The van der Waals surface area contributed by atoms with Crippen molar-refractivity contribution in [3.05, 3.63) is 39.8 Å². The molecule has 0 radical (unpaired) electrons. The molecular weight excluding hydrogens is 384 g/mol. The fourth-order valence-corrected chi connectivity index (χ4v) is 5.83. The maximum absolute atomic E-state index is 13.1. The van der Waals surface area contributed by atoms with Crippen LogP contribution >= 0.6 is 11.3 Å². The molecule has 1 amide bonds. The highest BCUT2D eigenvalue weighted by Gasteiger charge is 2.37. The molecule has 2 aromatic rings. The van der Waals surface area contributed by atoms with Gasteiger partial charge in [0.2, 0.25) is 0 Å². The first-order chi connectivity index (χ1) is 13.9. The number of nitrogens with one attached hydrogen (secondary N) is 2. The first-order valence-electron chi connectivity index (χ1n) is 10.3. The van der Waals surface area contributed by atoms with Gasteiger partial charge < -0.3 is 20.1 Å². The van der Waals surface area contributed by atoms with E-state index in [1.54, 1.807) is 25.6 Å². The van der Waals surface area contributed by atoms with Crippen LogP contribution in [0.3, 0.4) is 0 Å². The molecule has 2 aliphatic rings. The average molecular weight is 415 g/mol. The molecule has 5 nitrogen and oxygen atoms in total. The fourth-order valence-electron chi connectivity index (χ4n) is 4.47. The topological polar surface area (TPSA) is 59.6 Å². The monoisotopic (exact) mass is 414 g/mol. The van der Waals surface area contributed by atoms with Gasteiger partial charge in [-0.1, -0.05) is 27.2 Å². The van der Waals surface area contributed by atoms with Gasteiger partial charge in [0, 0.05) is 10.4 Å². The van der Waals surface area contributed by atoms with E-state index in [1.165, 1.54) is 16.9 Å². The molecule has 0 saturated heterocycles. The minimum Gasteiger partial charge on any atom is -0.497 e. The third kappa shape index (κ3) is 3.48. The van der Waals surface area contributed by atoms with Gasteiger partial charge in [0.05, 0.1) is 19.8 Å². The quantitative estimate of drug-likeness (QED) is 0.709. The van der Waals surface area contributed by atoms with Crippen LogP contribution in [0.4, 0.5) is 5.00 Å². The fraction of sp³-hybridized carbons (Fsp3) is 0.522. The molecule has 156 valence electrons. The SMILES string of the molecule is CCC(C)(C)[C@@H]1CCc2c(sc3c2C(=O)N[C@H](c2cc(OC)ccc2OC)N3)C1. The van der Waals surface area contributed by atoms with E-state index in [2.05, 4.69) is 31.4 Å². The van der Waals surface area contributed by atoms with Gasteiger partial charge >= 0.3 is 0 Å². The van der Waals surface area contributed by atoms with Crippen LogP contribution < -0.4 is 20.1 Å². The summed E-state index contributed by atoms with van der Waals surface area (Å²) < 4.78 is 10.9. The molecule has 0 bridgehead atoms. The summed E-state index contributed by atoms with van der Waals surface area (Å²) in [5.74, 6) is 2.12. The lowest BCUT2D eigenvalue weighted by Gasteiger charge is -2.36. The summed E-state index contributed by atoms with van der Waals surface area (Å²) in [6.07, 6.45) is 4.03. The Labute approximate surface area is 176 Å². The molecule has 2 N–H and O–H groups in total. The summed E-state index contributed by atoms with van der Waals surface area (Å²) >= 11 is 1.75. The second kappa shape index (κ2) is 7.56.